The van der Waals surface area contributed by atoms with E-state index in [0.29, 0.717) is 0 Å². The summed E-state index contributed by atoms with van der Waals surface area (Å²) in [5.74, 6) is -0.299. The van der Waals surface area contributed by atoms with Crippen molar-refractivity contribution in [2.45, 2.75) is 123 Å². The van der Waals surface area contributed by atoms with Crippen LogP contribution in [0.4, 0.5) is 0 Å². The van der Waals surface area contributed by atoms with Crippen LogP contribution in [0.3, 0.4) is 0 Å². The molecule has 0 amide bonds. The molecule has 2 atom stereocenters. The highest BCUT2D eigenvalue weighted by molar-refractivity contribution is 5.66. The van der Waals surface area contributed by atoms with Crippen molar-refractivity contribution in [3.8, 4) is 0 Å². The van der Waals surface area contributed by atoms with Gasteiger partial charge in [0, 0.05) is 13.5 Å². The Bertz CT molecular complexity index is 291. The van der Waals surface area contributed by atoms with Gasteiger partial charge in [-0.05, 0) is 20.3 Å². The molecule has 0 aliphatic carbocycles. The van der Waals surface area contributed by atoms with E-state index in [-0.39, 0.29) is 12.1 Å². The standard InChI is InChI=1S/C22H43O3/c1-5-6-7-8-9-10-11-12-13-14-15-16-17-18-19-24-20(2)21(3)25-22(4)23/h20-21H,3,5-19H2,1-2,4H3. The normalized spacial score (nSPS) is 13.6. The largest absolute Gasteiger partial charge is 0.460 e. The first-order chi connectivity index (χ1) is 12.1. The van der Waals surface area contributed by atoms with E-state index in [1.165, 1.54) is 90.4 Å². The predicted molar refractivity (Wildman–Crippen MR) is 107 cm³/mol. The maximum atomic E-state index is 10.9. The fourth-order valence-corrected chi connectivity index (χ4v) is 2.98. The zero-order valence-electron chi connectivity index (χ0n) is 17.2. The smallest absolute Gasteiger partial charge is 0.302 e. The molecule has 0 aromatic carbocycles. The van der Waals surface area contributed by atoms with Gasteiger partial charge < -0.3 is 9.47 Å². The molecule has 2 unspecified atom stereocenters. The van der Waals surface area contributed by atoms with Crippen LogP contribution in [0, 0.1) is 6.92 Å². The Balaban J connectivity index is 3.20. The molecule has 0 aliphatic rings. The maximum Gasteiger partial charge on any atom is 0.302 e. The highest BCUT2D eigenvalue weighted by Crippen LogP contribution is 2.13. The molecule has 0 saturated carbocycles. The van der Waals surface area contributed by atoms with Crippen molar-refractivity contribution in [2.24, 2.45) is 0 Å². The van der Waals surface area contributed by atoms with Gasteiger partial charge in [-0.3, -0.25) is 4.79 Å². The number of hydrogen-bond acceptors (Lipinski definition) is 3. The molecule has 3 nitrogen and oxygen atoms in total. The van der Waals surface area contributed by atoms with Gasteiger partial charge in [-0.2, -0.15) is 0 Å². The average Bonchev–Trinajstić information content (AvgIpc) is 2.57. The summed E-state index contributed by atoms with van der Waals surface area (Å²) in [6, 6.07) is 0. The van der Waals surface area contributed by atoms with Crippen LogP contribution in [0.15, 0.2) is 0 Å². The summed E-state index contributed by atoms with van der Waals surface area (Å²) in [7, 11) is 0. The van der Waals surface area contributed by atoms with E-state index in [0.717, 1.165) is 13.0 Å². The van der Waals surface area contributed by atoms with Gasteiger partial charge in [-0.25, -0.2) is 0 Å². The van der Waals surface area contributed by atoms with Crippen molar-refractivity contribution in [3.63, 3.8) is 0 Å². The van der Waals surface area contributed by atoms with Gasteiger partial charge in [0.2, 0.25) is 0 Å². The van der Waals surface area contributed by atoms with Crippen LogP contribution in [-0.2, 0) is 14.3 Å². The monoisotopic (exact) mass is 355 g/mol. The van der Waals surface area contributed by atoms with Crippen LogP contribution in [0.25, 0.3) is 0 Å². The van der Waals surface area contributed by atoms with Crippen LogP contribution in [0.1, 0.15) is 111 Å². The molecule has 0 aromatic heterocycles. The number of rotatable bonds is 18. The second kappa shape index (κ2) is 18.2. The Labute approximate surface area is 157 Å². The molecule has 0 rings (SSSR count). The Morgan fingerprint density at radius 1 is 0.800 bits per heavy atom. The first-order valence-corrected chi connectivity index (χ1v) is 10.7. The van der Waals surface area contributed by atoms with Gasteiger partial charge in [0.25, 0.3) is 0 Å². The number of hydrogen-bond donors (Lipinski definition) is 0. The van der Waals surface area contributed by atoms with Gasteiger partial charge >= 0.3 is 5.97 Å². The fourth-order valence-electron chi connectivity index (χ4n) is 2.98. The van der Waals surface area contributed by atoms with Crippen LogP contribution in [-0.4, -0.2) is 24.8 Å². The minimum Gasteiger partial charge on any atom is -0.460 e. The third-order valence-electron chi connectivity index (χ3n) is 4.72. The number of carbonyl (C=O) groups excluding carboxylic acids is 1. The van der Waals surface area contributed by atoms with Gasteiger partial charge in [-0.15, -0.1) is 0 Å². The first-order valence-electron chi connectivity index (χ1n) is 10.7. The van der Waals surface area contributed by atoms with Crippen molar-refractivity contribution in [1.29, 1.82) is 0 Å². The average molecular weight is 356 g/mol. The molecular formula is C22H43O3. The summed E-state index contributed by atoms with van der Waals surface area (Å²) in [6.07, 6.45) is 18.5. The summed E-state index contributed by atoms with van der Waals surface area (Å²) in [5, 5.41) is 0. The SMILES string of the molecule is [CH2]C(OC(C)=O)C(C)OCCCCCCCCCCCCCCCC. The molecule has 0 aliphatic heterocycles. The van der Waals surface area contributed by atoms with Gasteiger partial charge in [0.15, 0.2) is 0 Å². The quantitative estimate of drug-likeness (QED) is 0.204. The minimum atomic E-state index is -0.413. The number of carbonyl (C=O) groups is 1. The lowest BCUT2D eigenvalue weighted by molar-refractivity contribution is -0.150. The molecule has 25 heavy (non-hydrogen) atoms. The lowest BCUT2D eigenvalue weighted by Crippen LogP contribution is -2.28. The molecular weight excluding hydrogens is 312 g/mol. The Kier molecular flexibility index (Phi) is 17.8. The fraction of sp³-hybridized carbons (Fsp3) is 0.909. The van der Waals surface area contributed by atoms with E-state index in [9.17, 15) is 4.79 Å². The minimum absolute atomic E-state index is 0.133. The molecule has 0 heterocycles. The van der Waals surface area contributed by atoms with E-state index in [1.54, 1.807) is 0 Å². The summed E-state index contributed by atoms with van der Waals surface area (Å²) >= 11 is 0. The molecule has 0 bridgehead atoms. The maximum absolute atomic E-state index is 10.9. The van der Waals surface area contributed by atoms with Gasteiger partial charge in [-0.1, -0.05) is 90.4 Å². The van der Waals surface area contributed by atoms with Crippen LogP contribution in [0.5, 0.6) is 0 Å². The van der Waals surface area contributed by atoms with Crippen molar-refractivity contribution >= 4 is 5.97 Å². The lowest BCUT2D eigenvalue weighted by Gasteiger charge is -2.20. The summed E-state index contributed by atoms with van der Waals surface area (Å²) in [5.41, 5.74) is 0. The number of ether oxygens (including phenoxy) is 2. The van der Waals surface area contributed by atoms with E-state index in [2.05, 4.69) is 13.8 Å². The van der Waals surface area contributed by atoms with Crippen molar-refractivity contribution in [2.75, 3.05) is 6.61 Å². The second-order valence-electron chi connectivity index (χ2n) is 7.32. The van der Waals surface area contributed by atoms with Crippen LogP contribution < -0.4 is 0 Å². The lowest BCUT2D eigenvalue weighted by atomic mass is 10.0. The summed E-state index contributed by atoms with van der Waals surface area (Å²) < 4.78 is 10.7. The predicted octanol–water partition coefficient (Wildman–Crippen LogP) is 6.64. The Morgan fingerprint density at radius 2 is 1.20 bits per heavy atom. The molecule has 0 N–H and O–H groups in total. The van der Waals surface area contributed by atoms with Crippen molar-refractivity contribution < 1.29 is 14.3 Å². The first kappa shape index (κ1) is 24.4. The van der Waals surface area contributed by atoms with Crippen molar-refractivity contribution in [3.05, 3.63) is 6.92 Å². The van der Waals surface area contributed by atoms with Crippen molar-refractivity contribution in [1.82, 2.24) is 0 Å². The molecule has 0 spiro atoms. The number of unbranched alkanes of at least 4 members (excludes halogenated alkanes) is 13. The zero-order chi connectivity index (χ0) is 18.8. The van der Waals surface area contributed by atoms with Gasteiger partial charge in [0.1, 0.15) is 6.10 Å². The van der Waals surface area contributed by atoms with E-state index < -0.39 is 6.10 Å². The Morgan fingerprint density at radius 3 is 1.60 bits per heavy atom. The molecule has 0 saturated heterocycles. The van der Waals surface area contributed by atoms with Crippen LogP contribution >= 0.6 is 0 Å². The molecule has 149 valence electrons. The summed E-state index contributed by atoms with van der Waals surface area (Å²) in [4.78, 5) is 10.9. The third-order valence-corrected chi connectivity index (χ3v) is 4.72. The van der Waals surface area contributed by atoms with Gasteiger partial charge in [0.05, 0.1) is 6.10 Å². The molecule has 0 aromatic rings. The molecule has 1 radical (unpaired) electrons. The van der Waals surface area contributed by atoms with Crippen LogP contribution in [0.2, 0.25) is 0 Å². The Hall–Kier alpha value is -0.570. The van der Waals surface area contributed by atoms with E-state index in [4.69, 9.17) is 9.47 Å². The third kappa shape index (κ3) is 18.0. The highest BCUT2D eigenvalue weighted by atomic mass is 16.6. The van der Waals surface area contributed by atoms with E-state index in [1.807, 2.05) is 6.92 Å². The number of esters is 1. The molecule has 0 fully saturated rings. The topological polar surface area (TPSA) is 35.5 Å². The second-order valence-corrected chi connectivity index (χ2v) is 7.32. The highest BCUT2D eigenvalue weighted by Gasteiger charge is 2.15. The molecule has 3 heteroatoms. The van der Waals surface area contributed by atoms with E-state index >= 15 is 0 Å². The zero-order valence-corrected chi connectivity index (χ0v) is 17.2. The summed E-state index contributed by atoms with van der Waals surface area (Å²) in [6.45, 7) is 10.1.